The molecule has 1 aromatic rings. The summed E-state index contributed by atoms with van der Waals surface area (Å²) in [5, 5.41) is 11.4. The predicted octanol–water partition coefficient (Wildman–Crippen LogP) is 8.42. The Bertz CT molecular complexity index is 915. The number of methoxy groups -OCH3 is 1. The monoisotopic (exact) mass is 572 g/mol. The van der Waals surface area contributed by atoms with Gasteiger partial charge in [-0.3, -0.25) is 4.79 Å². The van der Waals surface area contributed by atoms with Gasteiger partial charge in [0.2, 0.25) is 0 Å². The van der Waals surface area contributed by atoms with Crippen molar-refractivity contribution in [2.75, 3.05) is 13.7 Å². The van der Waals surface area contributed by atoms with Gasteiger partial charge < -0.3 is 19.0 Å². The number of allylic oxidation sites excluding steroid dienone is 4. The third-order valence-electron chi connectivity index (χ3n) is 8.53. The van der Waals surface area contributed by atoms with Crippen LogP contribution >= 0.6 is 0 Å². The summed E-state index contributed by atoms with van der Waals surface area (Å²) in [6, 6.07) is 7.97. The molecule has 1 aromatic carbocycles. The molecule has 0 aromatic heterocycles. The maximum Gasteiger partial charge on any atom is 0.192 e. The Balaban J connectivity index is 1.77. The predicted molar refractivity (Wildman–Crippen MR) is 168 cm³/mol. The molecule has 1 aliphatic carbocycles. The molecule has 0 amide bonds. The summed E-state index contributed by atoms with van der Waals surface area (Å²) < 4.78 is 17.7. The molecule has 226 valence electrons. The Hall–Kier alpha value is -1.73. The number of rotatable bonds is 19. The van der Waals surface area contributed by atoms with Crippen LogP contribution in [0.15, 0.2) is 48.6 Å². The van der Waals surface area contributed by atoms with E-state index in [2.05, 4.69) is 52.9 Å². The van der Waals surface area contributed by atoms with Gasteiger partial charge in [-0.2, -0.15) is 0 Å². The summed E-state index contributed by atoms with van der Waals surface area (Å²) in [6.07, 6.45) is 16.1. The van der Waals surface area contributed by atoms with Crippen LogP contribution in [0.25, 0.3) is 0 Å². The summed E-state index contributed by atoms with van der Waals surface area (Å²) in [6.45, 7) is 14.9. The van der Waals surface area contributed by atoms with E-state index >= 15 is 0 Å². The van der Waals surface area contributed by atoms with Crippen LogP contribution in [0.5, 0.6) is 5.75 Å². The van der Waals surface area contributed by atoms with Crippen LogP contribution < -0.4 is 4.74 Å². The molecule has 0 radical (unpaired) electrons. The highest BCUT2D eigenvalue weighted by Crippen LogP contribution is 2.39. The topological polar surface area (TPSA) is 65.0 Å². The SMILES string of the molecule is CCCCC[C@@H](C[C@H](O)[C@H]1C(=O)C=C[C@@H]1C/C=C\CCCCOCc1ccc(OC)cc1)O[Si](C)(C)C(C)(C)C. The van der Waals surface area contributed by atoms with Crippen molar-refractivity contribution in [3.63, 3.8) is 0 Å². The normalized spacial score (nSPS) is 19.4. The first kappa shape index (κ1) is 34.5. The molecule has 0 aliphatic heterocycles. The molecule has 0 saturated carbocycles. The molecule has 0 spiro atoms. The Morgan fingerprint density at radius 2 is 1.77 bits per heavy atom. The molecule has 40 heavy (non-hydrogen) atoms. The van der Waals surface area contributed by atoms with Gasteiger partial charge in [-0.1, -0.05) is 77.3 Å². The maximum absolute atomic E-state index is 12.8. The van der Waals surface area contributed by atoms with Crippen LogP contribution in [-0.4, -0.2) is 45.1 Å². The standard InChI is InChI=1S/C34H56O5Si/c1-8-9-13-17-30(39-40(6,7)34(2,3)4)25-32(36)33-28(20-23-31(33)35)16-14-11-10-12-15-24-38-26-27-18-21-29(37-5)22-19-27/h11,14,18-23,28,30,32-33,36H,8-10,12-13,15-17,24-26H2,1-7H3/b14-11-/t28-,30-,32-,33+/m0/s1. The lowest BCUT2D eigenvalue weighted by atomic mass is 9.84. The van der Waals surface area contributed by atoms with Crippen molar-refractivity contribution in [1.82, 2.24) is 0 Å². The number of unbranched alkanes of at least 4 members (excludes halogenated alkanes) is 4. The number of benzene rings is 1. The number of ether oxygens (including phenoxy) is 2. The van der Waals surface area contributed by atoms with E-state index in [1.807, 2.05) is 30.3 Å². The molecule has 0 saturated heterocycles. The molecule has 4 atom stereocenters. The minimum Gasteiger partial charge on any atom is -0.497 e. The number of ketones is 1. The Labute approximate surface area is 245 Å². The lowest BCUT2D eigenvalue weighted by Crippen LogP contribution is -2.45. The second-order valence-electron chi connectivity index (χ2n) is 12.9. The minimum atomic E-state index is -1.97. The average molecular weight is 573 g/mol. The van der Waals surface area contributed by atoms with Crippen molar-refractivity contribution < 1.29 is 23.8 Å². The van der Waals surface area contributed by atoms with Crippen molar-refractivity contribution >= 4 is 14.1 Å². The molecule has 0 unspecified atom stereocenters. The molecular formula is C34H56O5Si. The largest absolute Gasteiger partial charge is 0.497 e. The fourth-order valence-electron chi connectivity index (χ4n) is 4.97. The first-order valence-electron chi connectivity index (χ1n) is 15.4. The van der Waals surface area contributed by atoms with Gasteiger partial charge in [0.05, 0.1) is 25.7 Å². The summed E-state index contributed by atoms with van der Waals surface area (Å²) >= 11 is 0. The van der Waals surface area contributed by atoms with E-state index in [1.54, 1.807) is 13.2 Å². The molecule has 1 N–H and O–H groups in total. The lowest BCUT2D eigenvalue weighted by molar-refractivity contribution is -0.122. The van der Waals surface area contributed by atoms with Gasteiger partial charge in [0.25, 0.3) is 0 Å². The Morgan fingerprint density at radius 3 is 2.42 bits per heavy atom. The third kappa shape index (κ3) is 11.6. The molecular weight excluding hydrogens is 516 g/mol. The van der Waals surface area contributed by atoms with Gasteiger partial charge in [0.1, 0.15) is 5.75 Å². The first-order chi connectivity index (χ1) is 19.0. The lowest BCUT2D eigenvalue weighted by Gasteiger charge is -2.40. The van der Waals surface area contributed by atoms with Crippen molar-refractivity contribution in [2.24, 2.45) is 11.8 Å². The number of aliphatic hydroxyl groups is 1. The van der Waals surface area contributed by atoms with Gasteiger partial charge in [-0.15, -0.1) is 0 Å². The second kappa shape index (κ2) is 17.3. The molecule has 0 heterocycles. The number of carbonyl (C=O) groups excluding carboxylic acids is 1. The average Bonchev–Trinajstić information content (AvgIpc) is 3.27. The molecule has 2 rings (SSSR count). The number of hydrogen-bond donors (Lipinski definition) is 1. The molecule has 0 fully saturated rings. The van der Waals surface area contributed by atoms with Crippen LogP contribution in [0.4, 0.5) is 0 Å². The number of hydrogen-bond acceptors (Lipinski definition) is 5. The van der Waals surface area contributed by atoms with E-state index in [1.165, 1.54) is 6.42 Å². The summed E-state index contributed by atoms with van der Waals surface area (Å²) in [5.41, 5.74) is 1.15. The summed E-state index contributed by atoms with van der Waals surface area (Å²) in [4.78, 5) is 12.8. The van der Waals surface area contributed by atoms with Crippen molar-refractivity contribution in [2.45, 2.75) is 122 Å². The summed E-state index contributed by atoms with van der Waals surface area (Å²) in [7, 11) is -0.299. The highest BCUT2D eigenvalue weighted by Gasteiger charge is 2.41. The quantitative estimate of drug-likeness (QED) is 0.102. The fraction of sp³-hybridized carbons (Fsp3) is 0.676. The van der Waals surface area contributed by atoms with Gasteiger partial charge in [-0.05, 0) is 86.3 Å². The van der Waals surface area contributed by atoms with Gasteiger partial charge in [0, 0.05) is 12.7 Å². The smallest absolute Gasteiger partial charge is 0.192 e. The zero-order valence-electron chi connectivity index (χ0n) is 26.3. The first-order valence-corrected chi connectivity index (χ1v) is 18.3. The fourth-order valence-corrected chi connectivity index (χ4v) is 6.37. The molecule has 1 aliphatic rings. The second-order valence-corrected chi connectivity index (χ2v) is 17.6. The van der Waals surface area contributed by atoms with Crippen molar-refractivity contribution in [3.8, 4) is 5.75 Å². The Morgan fingerprint density at radius 1 is 1.05 bits per heavy atom. The van der Waals surface area contributed by atoms with E-state index in [-0.39, 0.29) is 28.8 Å². The van der Waals surface area contributed by atoms with E-state index in [0.717, 1.165) is 62.9 Å². The van der Waals surface area contributed by atoms with Gasteiger partial charge in [0.15, 0.2) is 14.1 Å². The van der Waals surface area contributed by atoms with Crippen LogP contribution in [0, 0.1) is 11.8 Å². The van der Waals surface area contributed by atoms with Crippen LogP contribution in [-0.2, 0) is 20.6 Å². The van der Waals surface area contributed by atoms with E-state index in [4.69, 9.17) is 13.9 Å². The number of aliphatic hydroxyl groups excluding tert-OH is 1. The van der Waals surface area contributed by atoms with Gasteiger partial charge >= 0.3 is 0 Å². The van der Waals surface area contributed by atoms with E-state index < -0.39 is 14.4 Å². The van der Waals surface area contributed by atoms with Crippen LogP contribution in [0.3, 0.4) is 0 Å². The van der Waals surface area contributed by atoms with E-state index in [9.17, 15) is 9.90 Å². The number of carbonyl (C=O) groups is 1. The molecule has 6 heteroatoms. The van der Waals surface area contributed by atoms with Gasteiger partial charge in [-0.25, -0.2) is 0 Å². The van der Waals surface area contributed by atoms with Crippen molar-refractivity contribution in [3.05, 3.63) is 54.1 Å². The zero-order valence-corrected chi connectivity index (χ0v) is 27.3. The highest BCUT2D eigenvalue weighted by molar-refractivity contribution is 6.74. The van der Waals surface area contributed by atoms with Crippen molar-refractivity contribution in [1.29, 1.82) is 0 Å². The highest BCUT2D eigenvalue weighted by atomic mass is 28.4. The van der Waals surface area contributed by atoms with E-state index in [0.29, 0.717) is 13.0 Å². The third-order valence-corrected chi connectivity index (χ3v) is 13.1. The molecule has 0 bridgehead atoms. The van der Waals surface area contributed by atoms with Crippen LogP contribution in [0.1, 0.15) is 91.0 Å². The Kier molecular flexibility index (Phi) is 14.9. The molecule has 5 nitrogen and oxygen atoms in total. The minimum absolute atomic E-state index is 0.000951. The zero-order chi connectivity index (χ0) is 29.6. The maximum atomic E-state index is 12.8. The summed E-state index contributed by atoms with van der Waals surface area (Å²) in [5.74, 6) is 0.596. The van der Waals surface area contributed by atoms with Crippen LogP contribution in [0.2, 0.25) is 18.1 Å².